The van der Waals surface area contributed by atoms with Crippen molar-refractivity contribution >= 4 is 34.8 Å². The molecule has 0 bridgehead atoms. The number of aromatic amines is 1. The van der Waals surface area contributed by atoms with Crippen molar-refractivity contribution in [2.75, 3.05) is 6.54 Å². The standard InChI is InChI=1S/C17H19N5S/c18-7-1-3-12(4-2-8-22-23)13-5-9-19-15-11-21-17-14(16(13)15)6-10-20-17/h5-6,9-12,22-23H,1-4,8H2,(H,20,21). The first-order valence-corrected chi connectivity index (χ1v) is 8.24. The molecule has 0 aliphatic heterocycles. The number of nitriles is 1. The van der Waals surface area contributed by atoms with Crippen LogP contribution >= 0.6 is 12.8 Å². The van der Waals surface area contributed by atoms with Gasteiger partial charge in [0.15, 0.2) is 0 Å². The summed E-state index contributed by atoms with van der Waals surface area (Å²) in [5.74, 6) is 0.335. The minimum absolute atomic E-state index is 0.335. The number of fused-ring (bicyclic) bond motifs is 3. The fraction of sp³-hybridized carbons (Fsp3) is 0.353. The zero-order chi connectivity index (χ0) is 16.1. The SMILES string of the molecule is N#CCCC(CCCNS)c1ccnc2cnc3[nH]ccc3c12. The van der Waals surface area contributed by atoms with E-state index in [0.29, 0.717) is 12.3 Å². The third-order valence-electron chi connectivity index (χ3n) is 4.21. The van der Waals surface area contributed by atoms with Crippen LogP contribution in [0.2, 0.25) is 0 Å². The minimum Gasteiger partial charge on any atom is -0.346 e. The first kappa shape index (κ1) is 15.8. The van der Waals surface area contributed by atoms with Gasteiger partial charge in [0.2, 0.25) is 0 Å². The molecule has 2 N–H and O–H groups in total. The summed E-state index contributed by atoms with van der Waals surface area (Å²) in [6, 6.07) is 6.41. The molecular formula is C17H19N5S. The van der Waals surface area contributed by atoms with Gasteiger partial charge in [-0.15, -0.1) is 0 Å². The monoisotopic (exact) mass is 325 g/mol. The molecule has 0 aliphatic carbocycles. The van der Waals surface area contributed by atoms with E-state index >= 15 is 0 Å². The van der Waals surface area contributed by atoms with Crippen LogP contribution in [-0.4, -0.2) is 21.5 Å². The highest BCUT2D eigenvalue weighted by molar-refractivity contribution is 7.78. The predicted molar refractivity (Wildman–Crippen MR) is 95.2 cm³/mol. The highest BCUT2D eigenvalue weighted by Crippen LogP contribution is 2.34. The van der Waals surface area contributed by atoms with Crippen molar-refractivity contribution in [3.63, 3.8) is 0 Å². The van der Waals surface area contributed by atoms with E-state index in [1.54, 1.807) is 0 Å². The Labute approximate surface area is 140 Å². The van der Waals surface area contributed by atoms with Crippen LogP contribution in [0.5, 0.6) is 0 Å². The Bertz CT molecular complexity index is 836. The van der Waals surface area contributed by atoms with Crippen LogP contribution in [0.15, 0.2) is 30.7 Å². The molecule has 1 atom stereocenters. The molecule has 0 radical (unpaired) electrons. The van der Waals surface area contributed by atoms with Crippen LogP contribution in [0.1, 0.15) is 37.2 Å². The molecule has 3 aromatic rings. The average molecular weight is 325 g/mol. The van der Waals surface area contributed by atoms with Gasteiger partial charge in [-0.1, -0.05) is 12.8 Å². The smallest absolute Gasteiger partial charge is 0.137 e. The van der Waals surface area contributed by atoms with Crippen LogP contribution < -0.4 is 4.72 Å². The highest BCUT2D eigenvalue weighted by atomic mass is 32.1. The Morgan fingerprint density at radius 1 is 1.30 bits per heavy atom. The third-order valence-corrected chi connectivity index (χ3v) is 4.43. The number of nitrogens with one attached hydrogen (secondary N) is 2. The minimum atomic E-state index is 0.335. The van der Waals surface area contributed by atoms with Gasteiger partial charge in [0.05, 0.1) is 17.8 Å². The van der Waals surface area contributed by atoms with Gasteiger partial charge in [0, 0.05) is 36.1 Å². The van der Waals surface area contributed by atoms with E-state index in [-0.39, 0.29) is 0 Å². The Morgan fingerprint density at radius 2 is 2.22 bits per heavy atom. The molecule has 5 nitrogen and oxygen atoms in total. The van der Waals surface area contributed by atoms with Gasteiger partial charge in [-0.25, -0.2) is 4.98 Å². The predicted octanol–water partition coefficient (Wildman–Crippen LogP) is 3.71. The number of pyridine rings is 2. The largest absolute Gasteiger partial charge is 0.346 e. The van der Waals surface area contributed by atoms with E-state index in [1.165, 1.54) is 5.56 Å². The summed E-state index contributed by atoms with van der Waals surface area (Å²) in [5, 5.41) is 11.2. The van der Waals surface area contributed by atoms with E-state index in [4.69, 9.17) is 5.26 Å². The molecule has 0 aliphatic rings. The summed E-state index contributed by atoms with van der Waals surface area (Å²) in [5.41, 5.74) is 3.04. The van der Waals surface area contributed by atoms with E-state index < -0.39 is 0 Å². The fourth-order valence-electron chi connectivity index (χ4n) is 3.14. The second kappa shape index (κ2) is 7.44. The van der Waals surface area contributed by atoms with Gasteiger partial charge < -0.3 is 4.98 Å². The molecule has 23 heavy (non-hydrogen) atoms. The van der Waals surface area contributed by atoms with Crippen LogP contribution in [0.25, 0.3) is 21.9 Å². The Balaban J connectivity index is 2.07. The molecule has 6 heteroatoms. The molecule has 0 aromatic carbocycles. The topological polar surface area (TPSA) is 77.4 Å². The molecule has 1 unspecified atom stereocenters. The molecule has 3 rings (SSSR count). The maximum Gasteiger partial charge on any atom is 0.137 e. The van der Waals surface area contributed by atoms with Crippen molar-refractivity contribution in [3.8, 4) is 6.07 Å². The summed E-state index contributed by atoms with van der Waals surface area (Å²) in [7, 11) is 0. The zero-order valence-corrected chi connectivity index (χ0v) is 13.7. The number of hydrogen-bond acceptors (Lipinski definition) is 5. The lowest BCUT2D eigenvalue weighted by Crippen LogP contribution is -2.06. The van der Waals surface area contributed by atoms with E-state index in [1.807, 2.05) is 24.7 Å². The first-order valence-electron chi connectivity index (χ1n) is 7.79. The summed E-state index contributed by atoms with van der Waals surface area (Å²) in [6.45, 7) is 0.857. The second-order valence-electron chi connectivity index (χ2n) is 5.60. The Kier molecular flexibility index (Phi) is 5.11. The lowest BCUT2D eigenvalue weighted by Gasteiger charge is -2.18. The molecule has 0 saturated heterocycles. The van der Waals surface area contributed by atoms with Gasteiger partial charge in [-0.3, -0.25) is 9.71 Å². The molecule has 118 valence electrons. The lowest BCUT2D eigenvalue weighted by molar-refractivity contribution is 0.562. The van der Waals surface area contributed by atoms with E-state index in [0.717, 1.165) is 47.7 Å². The summed E-state index contributed by atoms with van der Waals surface area (Å²) in [6.07, 6.45) is 9.01. The number of thiol groups is 1. The van der Waals surface area contributed by atoms with Crippen molar-refractivity contribution in [1.29, 1.82) is 5.26 Å². The van der Waals surface area contributed by atoms with E-state index in [9.17, 15) is 0 Å². The van der Waals surface area contributed by atoms with Gasteiger partial charge in [0.1, 0.15) is 5.65 Å². The van der Waals surface area contributed by atoms with Gasteiger partial charge in [-0.2, -0.15) is 5.26 Å². The molecule has 3 heterocycles. The van der Waals surface area contributed by atoms with Crippen LogP contribution in [0.3, 0.4) is 0 Å². The maximum atomic E-state index is 8.98. The first-order chi connectivity index (χ1) is 11.3. The summed E-state index contributed by atoms with van der Waals surface area (Å²) in [4.78, 5) is 12.0. The van der Waals surface area contributed by atoms with E-state index in [2.05, 4.69) is 44.6 Å². The lowest BCUT2D eigenvalue weighted by atomic mass is 9.87. The molecule has 3 aromatic heterocycles. The highest BCUT2D eigenvalue weighted by Gasteiger charge is 2.17. The van der Waals surface area contributed by atoms with Crippen LogP contribution in [0, 0.1) is 11.3 Å². The third kappa shape index (κ3) is 3.31. The fourth-order valence-corrected chi connectivity index (χ4v) is 3.30. The molecule has 0 spiro atoms. The molecular weight excluding hydrogens is 306 g/mol. The molecule has 0 fully saturated rings. The summed E-state index contributed by atoms with van der Waals surface area (Å²) < 4.78 is 2.90. The van der Waals surface area contributed by atoms with Gasteiger partial charge in [0.25, 0.3) is 0 Å². The molecule has 0 amide bonds. The normalized spacial score (nSPS) is 12.5. The zero-order valence-electron chi connectivity index (χ0n) is 12.8. The summed E-state index contributed by atoms with van der Waals surface area (Å²) >= 11 is 4.06. The van der Waals surface area contributed by atoms with Crippen molar-refractivity contribution in [1.82, 2.24) is 19.7 Å². The second-order valence-corrected chi connectivity index (χ2v) is 5.92. The van der Waals surface area contributed by atoms with Gasteiger partial charge >= 0.3 is 0 Å². The number of H-pyrrole nitrogens is 1. The van der Waals surface area contributed by atoms with Crippen LogP contribution in [-0.2, 0) is 0 Å². The average Bonchev–Trinajstić information content (AvgIpc) is 3.06. The van der Waals surface area contributed by atoms with Gasteiger partial charge in [-0.05, 0) is 42.9 Å². The van der Waals surface area contributed by atoms with Crippen molar-refractivity contribution in [2.45, 2.75) is 31.6 Å². The maximum absolute atomic E-state index is 8.98. The van der Waals surface area contributed by atoms with Crippen molar-refractivity contribution < 1.29 is 0 Å². The number of aromatic nitrogens is 3. The quantitative estimate of drug-likeness (QED) is 0.457. The number of hydrogen-bond donors (Lipinski definition) is 3. The molecule has 0 saturated carbocycles. The number of nitrogens with zero attached hydrogens (tertiary/aromatic N) is 3. The Hall–Kier alpha value is -2.10. The number of rotatable bonds is 7. The van der Waals surface area contributed by atoms with Crippen LogP contribution in [0.4, 0.5) is 0 Å². The Morgan fingerprint density at radius 3 is 3.04 bits per heavy atom. The van der Waals surface area contributed by atoms with Crippen molar-refractivity contribution in [2.24, 2.45) is 0 Å². The van der Waals surface area contributed by atoms with Crippen molar-refractivity contribution in [3.05, 3.63) is 36.3 Å².